The number of hydrogen-bond donors (Lipinski definition) is 1. The molecule has 0 saturated heterocycles. The minimum absolute atomic E-state index is 0.274. The summed E-state index contributed by atoms with van der Waals surface area (Å²) in [6.07, 6.45) is 2.05. The quantitative estimate of drug-likeness (QED) is 0.554. The molecule has 98 valence electrons. The maximum atomic E-state index is 4.73. The fourth-order valence-corrected chi connectivity index (χ4v) is 3.38. The van der Waals surface area contributed by atoms with Crippen molar-refractivity contribution in [2.75, 3.05) is 6.26 Å². The Morgan fingerprint density at radius 2 is 1.75 bits per heavy atom. The Hall–Kier alpha value is -2.00. The van der Waals surface area contributed by atoms with Gasteiger partial charge >= 0.3 is 0 Å². The molecule has 2 aromatic carbocycles. The van der Waals surface area contributed by atoms with Gasteiger partial charge in [-0.25, -0.2) is 4.98 Å². The first-order valence-electron chi connectivity index (χ1n) is 6.66. The van der Waals surface area contributed by atoms with Gasteiger partial charge in [-0.1, -0.05) is 66.4 Å². The lowest BCUT2D eigenvalue weighted by Gasteiger charge is -2.12. The summed E-state index contributed by atoms with van der Waals surface area (Å²) in [5.74, 6) is 0.274. The number of benzene rings is 2. The third kappa shape index (κ3) is 1.63. The van der Waals surface area contributed by atoms with Crippen molar-refractivity contribution in [3.8, 4) is 11.3 Å². The van der Waals surface area contributed by atoms with Crippen molar-refractivity contribution >= 4 is 11.8 Å². The minimum Gasteiger partial charge on any atom is -0.335 e. The van der Waals surface area contributed by atoms with Gasteiger partial charge in [0, 0.05) is 5.56 Å². The maximum Gasteiger partial charge on any atom is 0.165 e. The lowest BCUT2D eigenvalue weighted by Crippen LogP contribution is -1.99. The molecule has 20 heavy (non-hydrogen) atoms. The third-order valence-electron chi connectivity index (χ3n) is 3.85. The van der Waals surface area contributed by atoms with E-state index in [9.17, 15) is 0 Å². The van der Waals surface area contributed by atoms with Gasteiger partial charge < -0.3 is 4.98 Å². The molecule has 3 aromatic rings. The molecule has 1 aliphatic carbocycles. The standard InChI is InChI=1S/C17H14N2S/c1-20-17-18-15-13-10-6-5-9-12(13)14(16(15)19-17)11-7-3-2-4-8-11/h2-10,14H,1H3,(H,18,19). The Morgan fingerprint density at radius 1 is 1.00 bits per heavy atom. The Balaban J connectivity index is 1.97. The molecule has 1 N–H and O–H groups in total. The average molecular weight is 278 g/mol. The van der Waals surface area contributed by atoms with Crippen LogP contribution in [0.15, 0.2) is 59.8 Å². The first-order valence-corrected chi connectivity index (χ1v) is 7.89. The van der Waals surface area contributed by atoms with Crippen molar-refractivity contribution in [3.63, 3.8) is 0 Å². The minimum atomic E-state index is 0.274. The van der Waals surface area contributed by atoms with Crippen LogP contribution in [0.3, 0.4) is 0 Å². The molecular weight excluding hydrogens is 264 g/mol. The van der Waals surface area contributed by atoms with Gasteiger partial charge in [-0.3, -0.25) is 0 Å². The van der Waals surface area contributed by atoms with Crippen molar-refractivity contribution < 1.29 is 0 Å². The van der Waals surface area contributed by atoms with E-state index in [0.29, 0.717) is 0 Å². The molecule has 1 aliphatic rings. The lowest BCUT2D eigenvalue weighted by molar-refractivity contribution is 0.926. The summed E-state index contributed by atoms with van der Waals surface area (Å²) in [4.78, 5) is 8.22. The van der Waals surface area contributed by atoms with E-state index in [2.05, 4.69) is 65.8 Å². The predicted octanol–water partition coefficient (Wildman–Crippen LogP) is 4.29. The summed E-state index contributed by atoms with van der Waals surface area (Å²) in [7, 11) is 0. The zero-order valence-electron chi connectivity index (χ0n) is 11.1. The van der Waals surface area contributed by atoms with Gasteiger partial charge in [0.2, 0.25) is 0 Å². The predicted molar refractivity (Wildman–Crippen MR) is 83.2 cm³/mol. The van der Waals surface area contributed by atoms with E-state index >= 15 is 0 Å². The highest BCUT2D eigenvalue weighted by atomic mass is 32.2. The smallest absolute Gasteiger partial charge is 0.165 e. The molecule has 1 atom stereocenters. The topological polar surface area (TPSA) is 28.7 Å². The molecule has 0 bridgehead atoms. The number of aromatic amines is 1. The maximum absolute atomic E-state index is 4.73. The van der Waals surface area contributed by atoms with Crippen molar-refractivity contribution in [2.24, 2.45) is 0 Å². The zero-order chi connectivity index (χ0) is 13.5. The van der Waals surface area contributed by atoms with E-state index in [1.165, 1.54) is 22.4 Å². The average Bonchev–Trinajstić information content (AvgIpc) is 3.04. The van der Waals surface area contributed by atoms with Crippen LogP contribution in [0.4, 0.5) is 0 Å². The van der Waals surface area contributed by atoms with Crippen LogP contribution >= 0.6 is 11.8 Å². The second-order valence-corrected chi connectivity index (χ2v) is 5.73. The number of imidazole rings is 1. The molecule has 0 radical (unpaired) electrons. The molecule has 1 aromatic heterocycles. The molecular formula is C17H14N2S. The third-order valence-corrected chi connectivity index (χ3v) is 4.43. The molecule has 3 heteroatoms. The van der Waals surface area contributed by atoms with E-state index in [4.69, 9.17) is 4.98 Å². The van der Waals surface area contributed by atoms with Gasteiger partial charge in [0.15, 0.2) is 5.16 Å². The van der Waals surface area contributed by atoms with Crippen LogP contribution in [-0.4, -0.2) is 16.2 Å². The van der Waals surface area contributed by atoms with Gasteiger partial charge in [-0.15, -0.1) is 0 Å². The van der Waals surface area contributed by atoms with E-state index in [1.54, 1.807) is 11.8 Å². The number of fused-ring (bicyclic) bond motifs is 3. The summed E-state index contributed by atoms with van der Waals surface area (Å²) in [6.45, 7) is 0. The highest BCUT2D eigenvalue weighted by Crippen LogP contribution is 2.47. The molecule has 0 amide bonds. The Morgan fingerprint density at radius 3 is 2.55 bits per heavy atom. The highest BCUT2D eigenvalue weighted by Gasteiger charge is 2.32. The summed E-state index contributed by atoms with van der Waals surface area (Å²) >= 11 is 1.66. The van der Waals surface area contributed by atoms with Crippen LogP contribution in [0.5, 0.6) is 0 Å². The second kappa shape index (κ2) is 4.53. The molecule has 0 fully saturated rings. The summed E-state index contributed by atoms with van der Waals surface area (Å²) in [6, 6.07) is 19.2. The monoisotopic (exact) mass is 278 g/mol. The lowest BCUT2D eigenvalue weighted by atomic mass is 9.92. The number of rotatable bonds is 2. The zero-order valence-corrected chi connectivity index (χ0v) is 11.9. The van der Waals surface area contributed by atoms with Crippen molar-refractivity contribution in [1.29, 1.82) is 0 Å². The van der Waals surface area contributed by atoms with Gasteiger partial charge in [-0.05, 0) is 17.4 Å². The van der Waals surface area contributed by atoms with Crippen LogP contribution in [-0.2, 0) is 0 Å². The van der Waals surface area contributed by atoms with Gasteiger partial charge in [-0.2, -0.15) is 0 Å². The number of aromatic nitrogens is 2. The molecule has 0 spiro atoms. The summed E-state index contributed by atoms with van der Waals surface area (Å²) in [5.41, 5.74) is 6.25. The molecule has 2 nitrogen and oxygen atoms in total. The Kier molecular flexibility index (Phi) is 2.67. The molecule has 1 heterocycles. The highest BCUT2D eigenvalue weighted by molar-refractivity contribution is 7.98. The van der Waals surface area contributed by atoms with E-state index < -0.39 is 0 Å². The molecule has 0 saturated carbocycles. The Labute approximate surface area is 122 Å². The normalized spacial score (nSPS) is 15.9. The van der Waals surface area contributed by atoms with Crippen LogP contribution < -0.4 is 0 Å². The van der Waals surface area contributed by atoms with Crippen molar-refractivity contribution in [2.45, 2.75) is 11.1 Å². The van der Waals surface area contributed by atoms with Crippen LogP contribution in [0, 0.1) is 0 Å². The van der Waals surface area contributed by atoms with Crippen LogP contribution in [0.25, 0.3) is 11.3 Å². The van der Waals surface area contributed by atoms with E-state index in [0.717, 1.165) is 10.9 Å². The molecule has 4 rings (SSSR count). The van der Waals surface area contributed by atoms with Crippen LogP contribution in [0.1, 0.15) is 22.7 Å². The molecule has 0 aliphatic heterocycles. The van der Waals surface area contributed by atoms with Gasteiger partial charge in [0.05, 0.1) is 17.3 Å². The van der Waals surface area contributed by atoms with E-state index in [-0.39, 0.29) is 5.92 Å². The largest absolute Gasteiger partial charge is 0.335 e. The van der Waals surface area contributed by atoms with Gasteiger partial charge in [0.1, 0.15) is 0 Å². The number of nitrogens with zero attached hydrogens (tertiary/aromatic N) is 1. The van der Waals surface area contributed by atoms with Gasteiger partial charge in [0.25, 0.3) is 0 Å². The van der Waals surface area contributed by atoms with Crippen molar-refractivity contribution in [3.05, 3.63) is 71.4 Å². The fourth-order valence-electron chi connectivity index (χ4n) is 2.99. The van der Waals surface area contributed by atoms with E-state index in [1.807, 2.05) is 0 Å². The first-order chi connectivity index (χ1) is 9.88. The summed E-state index contributed by atoms with van der Waals surface area (Å²) < 4.78 is 0. The summed E-state index contributed by atoms with van der Waals surface area (Å²) in [5, 5.41) is 0.991. The van der Waals surface area contributed by atoms with Crippen molar-refractivity contribution in [1.82, 2.24) is 9.97 Å². The number of thioether (sulfide) groups is 1. The number of nitrogens with one attached hydrogen (secondary N) is 1. The first kappa shape index (κ1) is 11.8. The SMILES string of the molecule is CSc1nc2c([nH]1)C(c1ccccc1)c1ccccc1-2. The second-order valence-electron chi connectivity index (χ2n) is 4.94. The Bertz CT molecular complexity index is 762. The fraction of sp³-hybridized carbons (Fsp3) is 0.118. The van der Waals surface area contributed by atoms with Crippen LogP contribution in [0.2, 0.25) is 0 Å². The number of H-pyrrole nitrogens is 1. The number of hydrogen-bond acceptors (Lipinski definition) is 2. The molecule has 1 unspecified atom stereocenters.